The number of benzene rings is 1. The third kappa shape index (κ3) is 3.77. The maximum absolute atomic E-state index is 14.4. The summed E-state index contributed by atoms with van der Waals surface area (Å²) in [5.41, 5.74) is 3.78. The molecule has 1 saturated heterocycles. The zero-order valence-corrected chi connectivity index (χ0v) is 17.8. The molecule has 1 atom stereocenters. The Morgan fingerprint density at radius 1 is 1.25 bits per heavy atom. The number of likely N-dealkylation sites (tertiary alicyclic amines) is 1. The van der Waals surface area contributed by atoms with E-state index in [2.05, 4.69) is 43.8 Å². The molecule has 28 heavy (non-hydrogen) atoms. The molecule has 4 rings (SSSR count). The van der Waals surface area contributed by atoms with Gasteiger partial charge in [-0.3, -0.25) is 4.90 Å². The van der Waals surface area contributed by atoms with E-state index < -0.39 is 0 Å². The third-order valence-electron chi connectivity index (χ3n) is 5.56. The number of likely N-dealkylation sites (N-methyl/N-ethyl adjacent to an activating group) is 1. The maximum Gasteiger partial charge on any atom is 0.148 e. The summed E-state index contributed by atoms with van der Waals surface area (Å²) in [4.78, 5) is 7.31. The zero-order chi connectivity index (χ0) is 19.8. The Labute approximate surface area is 170 Å². The van der Waals surface area contributed by atoms with Crippen LogP contribution in [0.3, 0.4) is 0 Å². The standard InChI is InChI=1S/C22H27FN4S/c1-15-11-19(16(2)28-15)22-17(12-26-10-9-18(14-26)25(3)4)13-27(24-22)21-8-6-5-7-20(21)23/h5-8,11,13,18H,9-10,12,14H2,1-4H3. The second-order valence-corrected chi connectivity index (χ2v) is 9.33. The average Bonchev–Trinajstić information content (AvgIpc) is 3.35. The minimum atomic E-state index is -0.254. The predicted octanol–water partition coefficient (Wildman–Crippen LogP) is 4.49. The van der Waals surface area contributed by atoms with E-state index in [0.717, 1.165) is 36.5 Å². The minimum Gasteiger partial charge on any atom is -0.305 e. The Bertz CT molecular complexity index is 975. The molecular formula is C22H27FN4S. The highest BCUT2D eigenvalue weighted by Crippen LogP contribution is 2.33. The van der Waals surface area contributed by atoms with Gasteiger partial charge in [-0.25, -0.2) is 9.07 Å². The van der Waals surface area contributed by atoms with Crippen LogP contribution >= 0.6 is 11.3 Å². The van der Waals surface area contributed by atoms with Crippen LogP contribution in [0.5, 0.6) is 0 Å². The van der Waals surface area contributed by atoms with E-state index in [9.17, 15) is 4.39 Å². The van der Waals surface area contributed by atoms with Gasteiger partial charge in [-0.15, -0.1) is 11.3 Å². The number of aromatic nitrogens is 2. The number of nitrogens with zero attached hydrogens (tertiary/aromatic N) is 4. The first kappa shape index (κ1) is 19.3. The smallest absolute Gasteiger partial charge is 0.148 e. The van der Waals surface area contributed by atoms with Crippen LogP contribution in [0.4, 0.5) is 4.39 Å². The molecule has 0 spiro atoms. The van der Waals surface area contributed by atoms with E-state index in [1.807, 2.05) is 12.3 Å². The van der Waals surface area contributed by atoms with Crippen LogP contribution in [0.15, 0.2) is 36.5 Å². The minimum absolute atomic E-state index is 0.254. The van der Waals surface area contributed by atoms with Crippen LogP contribution in [0.2, 0.25) is 0 Å². The molecule has 1 unspecified atom stereocenters. The van der Waals surface area contributed by atoms with Gasteiger partial charge in [-0.2, -0.15) is 5.10 Å². The van der Waals surface area contributed by atoms with Crippen molar-refractivity contribution in [3.8, 4) is 16.9 Å². The number of hydrogen-bond acceptors (Lipinski definition) is 4. The molecule has 1 aromatic carbocycles. The van der Waals surface area contributed by atoms with E-state index in [-0.39, 0.29) is 5.82 Å². The highest BCUT2D eigenvalue weighted by Gasteiger charge is 2.26. The Morgan fingerprint density at radius 2 is 2.04 bits per heavy atom. The first-order valence-electron chi connectivity index (χ1n) is 9.72. The molecule has 4 nitrogen and oxygen atoms in total. The van der Waals surface area contributed by atoms with Gasteiger partial charge in [0.25, 0.3) is 0 Å². The molecule has 0 N–H and O–H groups in total. The van der Waals surface area contributed by atoms with Crippen molar-refractivity contribution in [2.24, 2.45) is 0 Å². The molecule has 3 heterocycles. The maximum atomic E-state index is 14.4. The van der Waals surface area contributed by atoms with Crippen molar-refractivity contribution < 1.29 is 4.39 Å². The van der Waals surface area contributed by atoms with Crippen LogP contribution in [0.1, 0.15) is 21.7 Å². The summed E-state index contributed by atoms with van der Waals surface area (Å²) >= 11 is 1.78. The highest BCUT2D eigenvalue weighted by molar-refractivity contribution is 7.12. The first-order chi connectivity index (χ1) is 13.4. The summed E-state index contributed by atoms with van der Waals surface area (Å²) in [5.74, 6) is -0.254. The van der Waals surface area contributed by atoms with Gasteiger partial charge >= 0.3 is 0 Å². The molecule has 0 amide bonds. The van der Waals surface area contributed by atoms with E-state index in [1.54, 1.807) is 28.2 Å². The SMILES string of the molecule is Cc1cc(-c2nn(-c3ccccc3F)cc2CN2CCC(N(C)C)C2)c(C)s1. The molecule has 1 aliphatic heterocycles. The number of thiophene rings is 1. The van der Waals surface area contributed by atoms with Gasteiger partial charge in [0, 0.05) is 52.8 Å². The molecule has 2 aromatic heterocycles. The van der Waals surface area contributed by atoms with Crippen molar-refractivity contribution in [2.75, 3.05) is 27.2 Å². The van der Waals surface area contributed by atoms with Gasteiger partial charge < -0.3 is 4.90 Å². The Hall–Kier alpha value is -2.02. The van der Waals surface area contributed by atoms with Gasteiger partial charge in [0.05, 0.1) is 5.69 Å². The van der Waals surface area contributed by atoms with Gasteiger partial charge in [0.15, 0.2) is 0 Å². The van der Waals surface area contributed by atoms with Crippen LogP contribution in [-0.4, -0.2) is 52.8 Å². The van der Waals surface area contributed by atoms with Crippen molar-refractivity contribution in [3.63, 3.8) is 0 Å². The quantitative estimate of drug-likeness (QED) is 0.633. The summed E-state index contributed by atoms with van der Waals surface area (Å²) < 4.78 is 16.1. The summed E-state index contributed by atoms with van der Waals surface area (Å²) in [6, 6.07) is 9.61. The largest absolute Gasteiger partial charge is 0.305 e. The number of rotatable bonds is 5. The third-order valence-corrected chi connectivity index (χ3v) is 6.52. The van der Waals surface area contributed by atoms with E-state index in [1.165, 1.54) is 22.2 Å². The second kappa shape index (κ2) is 7.78. The van der Waals surface area contributed by atoms with E-state index >= 15 is 0 Å². The summed E-state index contributed by atoms with van der Waals surface area (Å²) in [7, 11) is 4.29. The highest BCUT2D eigenvalue weighted by atomic mass is 32.1. The Balaban J connectivity index is 1.72. The number of halogens is 1. The molecular weight excluding hydrogens is 371 g/mol. The lowest BCUT2D eigenvalue weighted by Crippen LogP contribution is -2.31. The molecule has 3 aromatic rings. The summed E-state index contributed by atoms with van der Waals surface area (Å²) in [6.45, 7) is 7.23. The number of hydrogen-bond donors (Lipinski definition) is 0. The monoisotopic (exact) mass is 398 g/mol. The predicted molar refractivity (Wildman–Crippen MR) is 114 cm³/mol. The van der Waals surface area contributed by atoms with Crippen molar-refractivity contribution in [2.45, 2.75) is 32.9 Å². The lowest BCUT2D eigenvalue weighted by atomic mass is 10.1. The molecule has 0 radical (unpaired) electrons. The molecule has 0 aliphatic carbocycles. The van der Waals surface area contributed by atoms with Crippen LogP contribution < -0.4 is 0 Å². The molecule has 0 bridgehead atoms. The topological polar surface area (TPSA) is 24.3 Å². The van der Waals surface area contributed by atoms with Gasteiger partial charge in [0.2, 0.25) is 0 Å². The van der Waals surface area contributed by atoms with Crippen molar-refractivity contribution >= 4 is 11.3 Å². The Kier molecular flexibility index (Phi) is 5.36. The molecule has 1 fully saturated rings. The lowest BCUT2D eigenvalue weighted by molar-refractivity contribution is 0.265. The fourth-order valence-electron chi connectivity index (χ4n) is 4.00. The number of para-hydroxylation sites is 1. The normalized spacial score (nSPS) is 17.7. The molecule has 0 saturated carbocycles. The van der Waals surface area contributed by atoms with Gasteiger partial charge in [0.1, 0.15) is 11.5 Å². The Morgan fingerprint density at radius 3 is 2.68 bits per heavy atom. The first-order valence-corrected chi connectivity index (χ1v) is 10.5. The molecule has 1 aliphatic rings. The zero-order valence-electron chi connectivity index (χ0n) is 16.9. The van der Waals surface area contributed by atoms with Crippen LogP contribution in [0, 0.1) is 19.7 Å². The van der Waals surface area contributed by atoms with Crippen LogP contribution in [-0.2, 0) is 6.54 Å². The van der Waals surface area contributed by atoms with E-state index in [4.69, 9.17) is 5.10 Å². The summed E-state index contributed by atoms with van der Waals surface area (Å²) in [5, 5.41) is 4.83. The lowest BCUT2D eigenvalue weighted by Gasteiger charge is -2.20. The van der Waals surface area contributed by atoms with Crippen molar-refractivity contribution in [1.82, 2.24) is 19.6 Å². The molecule has 6 heteroatoms. The van der Waals surface area contributed by atoms with Gasteiger partial charge in [-0.05, 0) is 52.6 Å². The van der Waals surface area contributed by atoms with E-state index in [0.29, 0.717) is 11.7 Å². The average molecular weight is 399 g/mol. The number of aryl methyl sites for hydroxylation is 2. The fourth-order valence-corrected chi connectivity index (χ4v) is 4.92. The second-order valence-electron chi connectivity index (χ2n) is 7.87. The van der Waals surface area contributed by atoms with Crippen molar-refractivity contribution in [1.29, 1.82) is 0 Å². The van der Waals surface area contributed by atoms with Crippen molar-refractivity contribution in [3.05, 3.63) is 57.7 Å². The van der Waals surface area contributed by atoms with Gasteiger partial charge in [-0.1, -0.05) is 12.1 Å². The van der Waals surface area contributed by atoms with Crippen LogP contribution in [0.25, 0.3) is 16.9 Å². The fraction of sp³-hybridized carbons (Fsp3) is 0.409. The molecule has 148 valence electrons. The summed E-state index contributed by atoms with van der Waals surface area (Å²) in [6.07, 6.45) is 3.18.